The number of aromatic hydroxyl groups is 1. The highest BCUT2D eigenvalue weighted by molar-refractivity contribution is 7.91. The van der Waals surface area contributed by atoms with Gasteiger partial charge in [0.25, 0.3) is 20.2 Å². The first-order valence-electron chi connectivity index (χ1n) is 11.1. The number of benzene rings is 4. The lowest BCUT2D eigenvalue weighted by Crippen LogP contribution is -2.15. The second-order valence-electron chi connectivity index (χ2n) is 8.56. The maximum atomic E-state index is 12.9. The molecule has 0 saturated carbocycles. The summed E-state index contributed by atoms with van der Waals surface area (Å²) >= 11 is 0. The van der Waals surface area contributed by atoms with Gasteiger partial charge in [-0.3, -0.25) is 13.7 Å². The molecule has 42 heavy (non-hydrogen) atoms. The van der Waals surface area contributed by atoms with Crippen LogP contribution >= 0.6 is 0 Å². The summed E-state index contributed by atoms with van der Waals surface area (Å²) in [5.74, 6) is -1.73. The highest BCUT2D eigenvalue weighted by Gasteiger charge is 2.25. The van der Waals surface area contributed by atoms with E-state index in [-0.39, 0.29) is 26.7 Å². The van der Waals surface area contributed by atoms with Gasteiger partial charge >= 0.3 is 10.4 Å². The van der Waals surface area contributed by atoms with Crippen molar-refractivity contribution in [3.63, 3.8) is 0 Å². The summed E-state index contributed by atoms with van der Waals surface area (Å²) in [5, 5.41) is 18.4. The summed E-state index contributed by atoms with van der Waals surface area (Å²) in [4.78, 5) is -1.97. The zero-order valence-corrected chi connectivity index (χ0v) is 23.9. The third-order valence-electron chi connectivity index (χ3n) is 5.74. The van der Waals surface area contributed by atoms with Crippen molar-refractivity contribution >= 4 is 79.1 Å². The maximum Gasteiger partial charge on any atom is 0.397 e. The molecule has 224 valence electrons. The molecule has 6 N–H and O–H groups in total. The SMILES string of the molecule is Nc1cc(S(=O)(=O)O)cc2cc(S(=O)(=O)O)c(N=Nc3ccc4cccc(S(=O)(=O)CCOS(=O)(=O)O)c4c3)c(O)c12. The van der Waals surface area contributed by atoms with Crippen molar-refractivity contribution in [2.75, 3.05) is 18.1 Å². The normalized spacial score (nSPS) is 13.3. The Bertz CT molecular complexity index is 2230. The Balaban J connectivity index is 1.84. The fourth-order valence-corrected chi connectivity index (χ4v) is 6.89. The van der Waals surface area contributed by atoms with Crippen molar-refractivity contribution in [1.29, 1.82) is 0 Å². The summed E-state index contributed by atoms with van der Waals surface area (Å²) in [6, 6.07) is 10.6. The van der Waals surface area contributed by atoms with Gasteiger partial charge in [0.1, 0.15) is 10.6 Å². The van der Waals surface area contributed by atoms with Crippen molar-refractivity contribution in [2.24, 2.45) is 10.2 Å². The Morgan fingerprint density at radius 2 is 1.45 bits per heavy atom. The number of anilines is 1. The average molecular weight is 662 g/mol. The van der Waals surface area contributed by atoms with E-state index in [0.29, 0.717) is 5.39 Å². The molecule has 0 heterocycles. The van der Waals surface area contributed by atoms with Gasteiger partial charge in [0.15, 0.2) is 15.6 Å². The molecule has 0 spiro atoms. The number of hydrogen-bond donors (Lipinski definition) is 5. The van der Waals surface area contributed by atoms with Crippen LogP contribution in [-0.2, 0) is 44.7 Å². The number of phenolic OH excluding ortho intramolecular Hbond substituents is 1. The molecule has 0 radical (unpaired) electrons. The number of rotatable bonds is 9. The molecule has 0 amide bonds. The Labute approximate surface area is 238 Å². The second-order valence-corrected chi connectivity index (χ2v) is 14.5. The Hall–Kier alpha value is -3.76. The molecule has 4 aromatic carbocycles. The van der Waals surface area contributed by atoms with Gasteiger partial charge in [0.05, 0.1) is 27.8 Å². The van der Waals surface area contributed by atoms with E-state index in [9.17, 15) is 47.9 Å². The number of nitrogens with two attached hydrogens (primary N) is 1. The summed E-state index contributed by atoms with van der Waals surface area (Å²) in [7, 11) is -18.9. The van der Waals surface area contributed by atoms with E-state index in [0.717, 1.165) is 18.2 Å². The molecule has 0 aliphatic carbocycles. The number of azo groups is 1. The molecule has 16 nitrogen and oxygen atoms in total. The number of nitrogen functional groups attached to an aromatic ring is 1. The Kier molecular flexibility index (Phi) is 8.03. The number of nitrogens with zero attached hydrogens (tertiary/aromatic N) is 2. The number of sulfone groups is 1. The highest BCUT2D eigenvalue weighted by atomic mass is 32.3. The van der Waals surface area contributed by atoms with Gasteiger partial charge in [0.2, 0.25) is 0 Å². The minimum atomic E-state index is -5.11. The average Bonchev–Trinajstić information content (AvgIpc) is 2.85. The van der Waals surface area contributed by atoms with Crippen LogP contribution in [0, 0.1) is 0 Å². The lowest BCUT2D eigenvalue weighted by molar-refractivity contribution is 0.284. The summed E-state index contributed by atoms with van der Waals surface area (Å²) < 4.78 is 126. The first-order chi connectivity index (χ1) is 19.3. The van der Waals surface area contributed by atoms with Gasteiger partial charge in [-0.15, -0.1) is 5.11 Å². The first kappa shape index (κ1) is 31.2. The predicted molar refractivity (Wildman–Crippen MR) is 147 cm³/mol. The zero-order chi connectivity index (χ0) is 31.3. The molecule has 0 unspecified atom stereocenters. The number of fused-ring (bicyclic) bond motifs is 2. The van der Waals surface area contributed by atoms with Gasteiger partial charge in [-0.2, -0.15) is 30.4 Å². The quantitative estimate of drug-likeness (QED) is 0.0980. The lowest BCUT2D eigenvalue weighted by Gasteiger charge is -2.12. The standard InChI is InChI=1S/C22H19N3O13S4/c23-17-11-15(40(29,30)31)8-13-9-19(41(32,33)34)21(22(26)20(13)17)25-24-14-5-4-12-2-1-3-18(16(12)10-14)39(27,28)7-6-38-42(35,36)37/h1-5,8-11,26H,6-7,23H2,(H,29,30,31)(H,32,33,34)(H,35,36,37). The van der Waals surface area contributed by atoms with Crippen LogP contribution in [0.3, 0.4) is 0 Å². The van der Waals surface area contributed by atoms with Gasteiger partial charge in [-0.1, -0.05) is 18.2 Å². The molecule has 0 aliphatic rings. The van der Waals surface area contributed by atoms with E-state index in [1.54, 1.807) is 6.07 Å². The summed E-state index contributed by atoms with van der Waals surface area (Å²) in [6.07, 6.45) is 0. The fraction of sp³-hybridized carbons (Fsp3) is 0.0909. The molecular weight excluding hydrogens is 643 g/mol. The van der Waals surface area contributed by atoms with Gasteiger partial charge in [-0.05, 0) is 47.2 Å². The van der Waals surface area contributed by atoms with Crippen molar-refractivity contribution < 1.29 is 56.6 Å². The van der Waals surface area contributed by atoms with Crippen LogP contribution in [0.5, 0.6) is 5.75 Å². The van der Waals surface area contributed by atoms with E-state index in [1.165, 1.54) is 30.3 Å². The van der Waals surface area contributed by atoms with Gasteiger partial charge in [0, 0.05) is 16.5 Å². The topological polar surface area (TPSA) is 277 Å². The van der Waals surface area contributed by atoms with Crippen LogP contribution in [-0.4, -0.2) is 64.8 Å². The van der Waals surface area contributed by atoms with Crippen molar-refractivity contribution in [1.82, 2.24) is 0 Å². The minimum Gasteiger partial charge on any atom is -0.505 e. The van der Waals surface area contributed by atoms with Crippen molar-refractivity contribution in [3.8, 4) is 5.75 Å². The molecule has 0 aromatic heterocycles. The van der Waals surface area contributed by atoms with Crippen LogP contribution in [0.15, 0.2) is 79.5 Å². The first-order valence-corrected chi connectivity index (χ1v) is 17.0. The molecule has 0 aliphatic heterocycles. The minimum absolute atomic E-state index is 0.0604. The number of hydrogen-bond acceptors (Lipinski definition) is 13. The van der Waals surface area contributed by atoms with Crippen LogP contribution < -0.4 is 5.73 Å². The van der Waals surface area contributed by atoms with E-state index in [4.69, 9.17) is 10.3 Å². The van der Waals surface area contributed by atoms with E-state index < -0.39 is 79.7 Å². The largest absolute Gasteiger partial charge is 0.505 e. The fourth-order valence-electron chi connectivity index (χ4n) is 3.97. The van der Waals surface area contributed by atoms with Crippen molar-refractivity contribution in [3.05, 3.63) is 54.6 Å². The third-order valence-corrected chi connectivity index (χ3v) is 9.63. The Morgan fingerprint density at radius 3 is 2.07 bits per heavy atom. The molecular formula is C22H19N3O13S4. The summed E-state index contributed by atoms with van der Waals surface area (Å²) in [6.45, 7) is -0.870. The smallest absolute Gasteiger partial charge is 0.397 e. The lowest BCUT2D eigenvalue weighted by atomic mass is 10.1. The molecule has 0 bridgehead atoms. The third kappa shape index (κ3) is 6.65. The van der Waals surface area contributed by atoms with Crippen LogP contribution in [0.25, 0.3) is 21.5 Å². The van der Waals surface area contributed by atoms with E-state index >= 15 is 0 Å². The molecule has 4 rings (SSSR count). The van der Waals surface area contributed by atoms with Crippen LogP contribution in [0.4, 0.5) is 17.1 Å². The number of phenols is 1. The maximum absolute atomic E-state index is 12.9. The molecule has 20 heteroatoms. The Morgan fingerprint density at radius 1 is 0.762 bits per heavy atom. The second kappa shape index (κ2) is 10.8. The molecule has 0 saturated heterocycles. The molecule has 4 aromatic rings. The van der Waals surface area contributed by atoms with Gasteiger partial charge in [-0.25, -0.2) is 12.6 Å². The summed E-state index contributed by atoms with van der Waals surface area (Å²) in [5.41, 5.74) is 4.59. The van der Waals surface area contributed by atoms with E-state index in [1.807, 2.05) is 0 Å². The van der Waals surface area contributed by atoms with Crippen molar-refractivity contribution in [2.45, 2.75) is 14.7 Å². The predicted octanol–water partition coefficient (Wildman–Crippen LogP) is 2.78. The van der Waals surface area contributed by atoms with E-state index in [2.05, 4.69) is 14.4 Å². The molecule has 0 fully saturated rings. The van der Waals surface area contributed by atoms with Crippen LogP contribution in [0.1, 0.15) is 0 Å². The van der Waals surface area contributed by atoms with Gasteiger partial charge < -0.3 is 10.8 Å². The zero-order valence-electron chi connectivity index (χ0n) is 20.7. The van der Waals surface area contributed by atoms with Crippen LogP contribution in [0.2, 0.25) is 0 Å². The highest BCUT2D eigenvalue weighted by Crippen LogP contribution is 2.44. The monoisotopic (exact) mass is 661 g/mol. The molecule has 0 atom stereocenters.